The molecule has 0 heterocycles. The number of rotatable bonds is 5. The van der Waals surface area contributed by atoms with Gasteiger partial charge in [0.1, 0.15) is 0 Å². The van der Waals surface area contributed by atoms with Gasteiger partial charge in [-0.2, -0.15) is 0 Å². The van der Waals surface area contributed by atoms with E-state index in [2.05, 4.69) is 31.9 Å². The molecular weight excluding hydrogens is 220 g/mol. The second-order valence-corrected chi connectivity index (χ2v) is 4.48. The summed E-state index contributed by atoms with van der Waals surface area (Å²) >= 11 is 6.26. The maximum Gasteiger partial charge on any atom is 0.0642 e. The fraction of sp³-hybridized carbons (Fsp3) is 0.538. The predicted molar refractivity (Wildman–Crippen MR) is 72.1 cm³/mol. The van der Waals surface area contributed by atoms with Crippen molar-refractivity contribution < 1.29 is 0 Å². The van der Waals surface area contributed by atoms with E-state index in [1.54, 1.807) is 0 Å². The third kappa shape index (κ3) is 2.89. The molecule has 16 heavy (non-hydrogen) atoms. The van der Waals surface area contributed by atoms with E-state index in [0.29, 0.717) is 12.6 Å². The van der Waals surface area contributed by atoms with Crippen LogP contribution in [0.3, 0.4) is 0 Å². The predicted octanol–water partition coefficient (Wildman–Crippen LogP) is 3.42. The number of hydrogen-bond donors (Lipinski definition) is 1. The van der Waals surface area contributed by atoms with Crippen molar-refractivity contribution in [2.75, 3.05) is 11.9 Å². The summed E-state index contributed by atoms with van der Waals surface area (Å²) < 4.78 is 0. The Morgan fingerprint density at radius 3 is 2.38 bits per heavy atom. The van der Waals surface area contributed by atoms with Crippen molar-refractivity contribution in [2.45, 2.75) is 39.3 Å². The van der Waals surface area contributed by atoms with Crippen LogP contribution in [0, 0.1) is 0 Å². The molecule has 1 aromatic rings. The standard InChI is InChI=1S/C13H21ClN2/c1-4-11(5-2)16(3)13-7-6-10(9-15)8-12(13)14/h6-8,11H,4-5,9,15H2,1-3H3. The molecule has 2 N–H and O–H groups in total. The van der Waals surface area contributed by atoms with Gasteiger partial charge in [0.15, 0.2) is 0 Å². The van der Waals surface area contributed by atoms with Crippen molar-refractivity contribution in [3.8, 4) is 0 Å². The molecule has 3 heteroatoms. The van der Waals surface area contributed by atoms with Crippen LogP contribution in [0.4, 0.5) is 5.69 Å². The molecule has 0 aliphatic rings. The molecule has 0 aliphatic carbocycles. The number of halogens is 1. The Labute approximate surface area is 103 Å². The highest BCUT2D eigenvalue weighted by Gasteiger charge is 2.13. The fourth-order valence-corrected chi connectivity index (χ4v) is 2.33. The molecular formula is C13H21ClN2. The largest absolute Gasteiger partial charge is 0.370 e. The normalized spacial score (nSPS) is 10.9. The molecule has 1 rings (SSSR count). The molecule has 0 fully saturated rings. The summed E-state index contributed by atoms with van der Waals surface area (Å²) in [5.74, 6) is 0. The van der Waals surface area contributed by atoms with Crippen molar-refractivity contribution in [3.63, 3.8) is 0 Å². The first-order valence-corrected chi connectivity index (χ1v) is 6.23. The summed E-state index contributed by atoms with van der Waals surface area (Å²) in [6.45, 7) is 4.94. The number of nitrogens with zero attached hydrogens (tertiary/aromatic N) is 1. The van der Waals surface area contributed by atoms with E-state index in [4.69, 9.17) is 17.3 Å². The van der Waals surface area contributed by atoms with Crippen molar-refractivity contribution >= 4 is 17.3 Å². The molecule has 90 valence electrons. The molecule has 0 aliphatic heterocycles. The van der Waals surface area contributed by atoms with E-state index in [-0.39, 0.29) is 0 Å². The van der Waals surface area contributed by atoms with Crippen LogP contribution < -0.4 is 10.6 Å². The number of hydrogen-bond acceptors (Lipinski definition) is 2. The van der Waals surface area contributed by atoms with Gasteiger partial charge in [0.05, 0.1) is 10.7 Å². The lowest BCUT2D eigenvalue weighted by molar-refractivity contribution is 0.591. The molecule has 0 aromatic heterocycles. The van der Waals surface area contributed by atoms with Crippen LogP contribution in [0.2, 0.25) is 5.02 Å². The van der Waals surface area contributed by atoms with Gasteiger partial charge in [-0.1, -0.05) is 31.5 Å². The van der Waals surface area contributed by atoms with Gasteiger partial charge in [0.2, 0.25) is 0 Å². The van der Waals surface area contributed by atoms with Gasteiger partial charge in [0, 0.05) is 19.6 Å². The van der Waals surface area contributed by atoms with Crippen LogP contribution in [-0.4, -0.2) is 13.1 Å². The van der Waals surface area contributed by atoms with Crippen LogP contribution in [0.1, 0.15) is 32.3 Å². The summed E-state index contributed by atoms with van der Waals surface area (Å²) in [4.78, 5) is 2.25. The van der Waals surface area contributed by atoms with E-state index in [1.165, 1.54) is 0 Å². The minimum Gasteiger partial charge on any atom is -0.370 e. The Morgan fingerprint density at radius 1 is 1.31 bits per heavy atom. The lowest BCUT2D eigenvalue weighted by atomic mass is 10.1. The molecule has 2 nitrogen and oxygen atoms in total. The van der Waals surface area contributed by atoms with E-state index in [1.807, 2.05) is 12.1 Å². The van der Waals surface area contributed by atoms with Crippen molar-refractivity contribution in [1.82, 2.24) is 0 Å². The van der Waals surface area contributed by atoms with Crippen LogP contribution in [0.15, 0.2) is 18.2 Å². The average Bonchev–Trinajstić information content (AvgIpc) is 2.30. The van der Waals surface area contributed by atoms with Gasteiger partial charge in [-0.15, -0.1) is 0 Å². The zero-order valence-corrected chi connectivity index (χ0v) is 11.1. The van der Waals surface area contributed by atoms with Crippen LogP contribution >= 0.6 is 11.6 Å². The molecule has 0 spiro atoms. The Hall–Kier alpha value is -0.730. The van der Waals surface area contributed by atoms with E-state index in [0.717, 1.165) is 29.1 Å². The summed E-state index contributed by atoms with van der Waals surface area (Å²) in [6, 6.07) is 6.60. The second kappa shape index (κ2) is 6.12. The van der Waals surface area contributed by atoms with E-state index >= 15 is 0 Å². The smallest absolute Gasteiger partial charge is 0.0642 e. The first-order chi connectivity index (χ1) is 7.63. The average molecular weight is 241 g/mol. The quantitative estimate of drug-likeness (QED) is 0.855. The maximum atomic E-state index is 6.26. The van der Waals surface area contributed by atoms with Gasteiger partial charge in [-0.05, 0) is 30.5 Å². The lowest BCUT2D eigenvalue weighted by Gasteiger charge is -2.29. The Bertz CT molecular complexity index is 335. The van der Waals surface area contributed by atoms with Crippen molar-refractivity contribution in [3.05, 3.63) is 28.8 Å². The Kier molecular flexibility index (Phi) is 5.10. The minimum atomic E-state index is 0.536. The zero-order valence-electron chi connectivity index (χ0n) is 10.3. The molecule has 0 bridgehead atoms. The van der Waals surface area contributed by atoms with Gasteiger partial charge < -0.3 is 10.6 Å². The highest BCUT2D eigenvalue weighted by Crippen LogP contribution is 2.28. The Morgan fingerprint density at radius 2 is 1.94 bits per heavy atom. The third-order valence-corrected chi connectivity index (χ3v) is 3.42. The molecule has 0 saturated heterocycles. The molecule has 0 unspecified atom stereocenters. The van der Waals surface area contributed by atoms with Crippen molar-refractivity contribution in [1.29, 1.82) is 0 Å². The second-order valence-electron chi connectivity index (χ2n) is 4.07. The minimum absolute atomic E-state index is 0.536. The van der Waals surface area contributed by atoms with Gasteiger partial charge in [0.25, 0.3) is 0 Å². The van der Waals surface area contributed by atoms with Gasteiger partial charge in [-0.3, -0.25) is 0 Å². The molecule has 0 saturated carbocycles. The summed E-state index contributed by atoms with van der Waals surface area (Å²) in [5.41, 5.74) is 7.75. The van der Waals surface area contributed by atoms with Crippen LogP contribution in [-0.2, 0) is 6.54 Å². The van der Waals surface area contributed by atoms with Crippen molar-refractivity contribution in [2.24, 2.45) is 5.73 Å². The van der Waals surface area contributed by atoms with Gasteiger partial charge in [-0.25, -0.2) is 0 Å². The zero-order chi connectivity index (χ0) is 12.1. The first kappa shape index (κ1) is 13.3. The molecule has 0 atom stereocenters. The number of anilines is 1. The summed E-state index contributed by atoms with van der Waals surface area (Å²) in [5, 5.41) is 0.789. The van der Waals surface area contributed by atoms with Crippen LogP contribution in [0.25, 0.3) is 0 Å². The highest BCUT2D eigenvalue weighted by molar-refractivity contribution is 6.33. The lowest BCUT2D eigenvalue weighted by Crippen LogP contribution is -2.30. The number of nitrogens with two attached hydrogens (primary N) is 1. The molecule has 1 aromatic carbocycles. The fourth-order valence-electron chi connectivity index (χ4n) is 2.00. The van der Waals surface area contributed by atoms with E-state index < -0.39 is 0 Å². The molecule has 0 radical (unpaired) electrons. The monoisotopic (exact) mass is 240 g/mol. The number of benzene rings is 1. The SMILES string of the molecule is CCC(CC)N(C)c1ccc(CN)cc1Cl. The van der Waals surface area contributed by atoms with Crippen LogP contribution in [0.5, 0.6) is 0 Å². The van der Waals surface area contributed by atoms with Gasteiger partial charge >= 0.3 is 0 Å². The first-order valence-electron chi connectivity index (χ1n) is 5.85. The summed E-state index contributed by atoms with van der Waals surface area (Å²) in [6.07, 6.45) is 2.25. The third-order valence-electron chi connectivity index (χ3n) is 3.12. The Balaban J connectivity index is 2.95. The maximum absolute atomic E-state index is 6.26. The highest BCUT2D eigenvalue weighted by atomic mass is 35.5. The molecule has 0 amide bonds. The summed E-state index contributed by atoms with van der Waals surface area (Å²) in [7, 11) is 2.10. The topological polar surface area (TPSA) is 29.3 Å². The van der Waals surface area contributed by atoms with E-state index in [9.17, 15) is 0 Å².